The van der Waals surface area contributed by atoms with Gasteiger partial charge in [0.15, 0.2) is 0 Å². The van der Waals surface area contributed by atoms with Crippen LogP contribution in [0.2, 0.25) is 0 Å². The van der Waals surface area contributed by atoms with Gasteiger partial charge < -0.3 is 5.11 Å². The molecule has 1 fully saturated rings. The highest BCUT2D eigenvalue weighted by Gasteiger charge is 2.41. The summed E-state index contributed by atoms with van der Waals surface area (Å²) in [5.74, 6) is -0.628. The van der Waals surface area contributed by atoms with Crippen LogP contribution >= 0.6 is 0 Å². The number of allylic oxidation sites excluding steroid dienone is 4. The fourth-order valence-electron chi connectivity index (χ4n) is 3.98. The lowest BCUT2D eigenvalue weighted by Crippen LogP contribution is -2.33. The van der Waals surface area contributed by atoms with Crippen molar-refractivity contribution in [2.24, 2.45) is 11.8 Å². The van der Waals surface area contributed by atoms with Crippen LogP contribution in [0.1, 0.15) is 70.6 Å². The van der Waals surface area contributed by atoms with E-state index >= 15 is 0 Å². The smallest absolute Gasteiger partial charge is 0.307 e. The highest BCUT2D eigenvalue weighted by molar-refractivity contribution is 5.74. The quantitative estimate of drug-likeness (QED) is 0.713. The van der Waals surface area contributed by atoms with Crippen LogP contribution in [0.15, 0.2) is 36.4 Å². The van der Waals surface area contributed by atoms with Gasteiger partial charge in [-0.1, -0.05) is 64.1 Å². The number of carboxylic acids is 1. The molecule has 134 valence electrons. The van der Waals surface area contributed by atoms with Crippen LogP contribution in [0.5, 0.6) is 0 Å². The largest absolute Gasteiger partial charge is 0.481 e. The maximum absolute atomic E-state index is 10.9. The summed E-state index contributed by atoms with van der Waals surface area (Å²) in [4.78, 5) is 10.9. The number of carboxylic acid groups (broad SMARTS) is 1. The van der Waals surface area contributed by atoms with Crippen LogP contribution < -0.4 is 0 Å². The average Bonchev–Trinajstić information content (AvgIpc) is 3.31. The second-order valence-corrected chi connectivity index (χ2v) is 9.11. The lowest BCUT2D eigenvalue weighted by atomic mass is 9.63. The highest BCUT2D eigenvalue weighted by Crippen LogP contribution is 2.46. The van der Waals surface area contributed by atoms with Crippen LogP contribution in [0.4, 0.5) is 0 Å². The molecule has 2 atom stereocenters. The van der Waals surface area contributed by atoms with Crippen molar-refractivity contribution in [2.75, 3.05) is 0 Å². The standard InChI is InChI=1S/C23H30O2/c1-15(7-6-8-17-13-18(17)21(24)25)16-9-10-19-20(14-16)23(4,5)12-11-22(19,2)3/h6-10,14,17-18H,11-13H2,1-5H3,(H,24,25)/b8-6+,15-7+. The summed E-state index contributed by atoms with van der Waals surface area (Å²) in [5, 5.41) is 8.96. The minimum atomic E-state index is -0.671. The van der Waals surface area contributed by atoms with Gasteiger partial charge in [0.1, 0.15) is 0 Å². The van der Waals surface area contributed by atoms with E-state index in [0.717, 1.165) is 6.42 Å². The first-order valence-electron chi connectivity index (χ1n) is 9.35. The highest BCUT2D eigenvalue weighted by atomic mass is 16.4. The molecule has 3 rings (SSSR count). The van der Waals surface area contributed by atoms with Crippen molar-refractivity contribution in [3.8, 4) is 0 Å². The molecule has 0 aromatic heterocycles. The molecule has 0 bridgehead atoms. The van der Waals surface area contributed by atoms with E-state index < -0.39 is 5.97 Å². The minimum Gasteiger partial charge on any atom is -0.481 e. The molecular weight excluding hydrogens is 308 g/mol. The molecule has 0 radical (unpaired) electrons. The van der Waals surface area contributed by atoms with Gasteiger partial charge in [-0.25, -0.2) is 0 Å². The Hall–Kier alpha value is -1.83. The zero-order valence-electron chi connectivity index (χ0n) is 16.1. The lowest BCUT2D eigenvalue weighted by molar-refractivity contribution is -0.138. The fourth-order valence-corrected chi connectivity index (χ4v) is 3.98. The van der Waals surface area contributed by atoms with E-state index in [9.17, 15) is 4.79 Å². The molecule has 25 heavy (non-hydrogen) atoms. The van der Waals surface area contributed by atoms with Gasteiger partial charge in [-0.15, -0.1) is 0 Å². The van der Waals surface area contributed by atoms with Crippen LogP contribution in [-0.4, -0.2) is 11.1 Å². The maximum atomic E-state index is 10.9. The SMILES string of the molecule is C/C(=C\C=C\C1CC1C(=O)O)c1ccc2c(c1)C(C)(C)CCC2(C)C. The normalized spacial score (nSPS) is 27.2. The Bertz CT molecular complexity index is 749. The zero-order valence-corrected chi connectivity index (χ0v) is 16.1. The van der Waals surface area contributed by atoms with Gasteiger partial charge in [0, 0.05) is 0 Å². The number of rotatable bonds is 4. The molecule has 1 N–H and O–H groups in total. The average molecular weight is 338 g/mol. The number of hydrogen-bond donors (Lipinski definition) is 1. The van der Waals surface area contributed by atoms with Gasteiger partial charge >= 0.3 is 5.97 Å². The van der Waals surface area contributed by atoms with Crippen molar-refractivity contribution in [2.45, 2.75) is 64.7 Å². The first kappa shape index (κ1) is 18.0. The topological polar surface area (TPSA) is 37.3 Å². The Morgan fingerprint density at radius 3 is 2.36 bits per heavy atom. The maximum Gasteiger partial charge on any atom is 0.307 e. The Morgan fingerprint density at radius 2 is 1.76 bits per heavy atom. The third-order valence-corrected chi connectivity index (χ3v) is 6.17. The van der Waals surface area contributed by atoms with E-state index in [-0.39, 0.29) is 22.7 Å². The van der Waals surface area contributed by atoms with E-state index in [2.05, 4.69) is 58.9 Å². The predicted molar refractivity (Wildman–Crippen MR) is 104 cm³/mol. The second kappa shape index (κ2) is 6.16. The number of fused-ring (bicyclic) bond motifs is 1. The molecule has 2 unspecified atom stereocenters. The Kier molecular flexibility index (Phi) is 4.43. The Morgan fingerprint density at radius 1 is 1.12 bits per heavy atom. The number of benzene rings is 1. The summed E-state index contributed by atoms with van der Waals surface area (Å²) in [5.41, 5.74) is 5.92. The first-order valence-corrected chi connectivity index (χ1v) is 9.35. The third-order valence-electron chi connectivity index (χ3n) is 6.17. The molecule has 0 saturated heterocycles. The number of aliphatic carboxylic acids is 1. The van der Waals surface area contributed by atoms with Crippen LogP contribution in [0.25, 0.3) is 5.57 Å². The van der Waals surface area contributed by atoms with Gasteiger partial charge in [0.05, 0.1) is 5.92 Å². The minimum absolute atomic E-state index is 0.170. The fraction of sp³-hybridized carbons (Fsp3) is 0.522. The number of hydrogen-bond acceptors (Lipinski definition) is 1. The van der Waals surface area contributed by atoms with Crippen molar-refractivity contribution in [1.82, 2.24) is 0 Å². The molecule has 1 saturated carbocycles. The van der Waals surface area contributed by atoms with Crippen LogP contribution in [0, 0.1) is 11.8 Å². The van der Waals surface area contributed by atoms with E-state index in [4.69, 9.17) is 5.11 Å². The summed E-state index contributed by atoms with van der Waals surface area (Å²) < 4.78 is 0. The van der Waals surface area contributed by atoms with Gasteiger partial charge in [-0.3, -0.25) is 4.79 Å². The van der Waals surface area contributed by atoms with Crippen molar-refractivity contribution in [3.63, 3.8) is 0 Å². The number of carbonyl (C=O) groups is 1. The van der Waals surface area contributed by atoms with Crippen molar-refractivity contribution < 1.29 is 9.90 Å². The summed E-state index contributed by atoms with van der Waals surface area (Å²) in [7, 11) is 0. The zero-order chi connectivity index (χ0) is 18.4. The van der Waals surface area contributed by atoms with E-state index in [1.807, 2.05) is 12.2 Å². The van der Waals surface area contributed by atoms with Gasteiger partial charge in [0.2, 0.25) is 0 Å². The molecule has 2 nitrogen and oxygen atoms in total. The van der Waals surface area contributed by atoms with Gasteiger partial charge in [-0.2, -0.15) is 0 Å². The molecule has 0 spiro atoms. The van der Waals surface area contributed by atoms with Crippen LogP contribution in [0.3, 0.4) is 0 Å². The molecule has 2 heteroatoms. The summed E-state index contributed by atoms with van der Waals surface area (Å²) in [6.07, 6.45) is 9.40. The Labute approximate surface area is 151 Å². The van der Waals surface area contributed by atoms with Gasteiger partial charge in [0.25, 0.3) is 0 Å². The van der Waals surface area contributed by atoms with Crippen molar-refractivity contribution in [3.05, 3.63) is 53.1 Å². The first-order chi connectivity index (χ1) is 11.6. The van der Waals surface area contributed by atoms with Crippen molar-refractivity contribution in [1.29, 1.82) is 0 Å². The lowest BCUT2D eigenvalue weighted by Gasteiger charge is -2.42. The summed E-state index contributed by atoms with van der Waals surface area (Å²) >= 11 is 0. The predicted octanol–water partition coefficient (Wildman–Crippen LogP) is 5.72. The third kappa shape index (κ3) is 3.58. The molecule has 0 amide bonds. The van der Waals surface area contributed by atoms with Gasteiger partial charge in [-0.05, 0) is 65.2 Å². The van der Waals surface area contributed by atoms with E-state index in [1.165, 1.54) is 35.1 Å². The van der Waals surface area contributed by atoms with Crippen molar-refractivity contribution >= 4 is 11.5 Å². The summed E-state index contributed by atoms with van der Waals surface area (Å²) in [6.45, 7) is 11.5. The second-order valence-electron chi connectivity index (χ2n) is 9.11. The molecule has 1 aromatic carbocycles. The molecular formula is C23H30O2. The monoisotopic (exact) mass is 338 g/mol. The molecule has 0 aliphatic heterocycles. The summed E-state index contributed by atoms with van der Waals surface area (Å²) in [6, 6.07) is 6.92. The molecule has 2 aliphatic carbocycles. The van der Waals surface area contributed by atoms with E-state index in [1.54, 1.807) is 0 Å². The molecule has 1 aromatic rings. The molecule has 0 heterocycles. The Balaban J connectivity index is 1.83. The van der Waals surface area contributed by atoms with E-state index in [0.29, 0.717) is 0 Å². The molecule has 2 aliphatic rings. The van der Waals surface area contributed by atoms with Crippen LogP contribution in [-0.2, 0) is 15.6 Å².